The minimum Gasteiger partial charge on any atom is -0.508 e. The Balaban J connectivity index is 2.02. The lowest BCUT2D eigenvalue weighted by Gasteiger charge is -2.36. The molecule has 0 bridgehead atoms. The van der Waals surface area contributed by atoms with Gasteiger partial charge in [0.1, 0.15) is 5.75 Å². The molecule has 0 spiro atoms. The SMILES string of the molecule is C[C@@H](O)[C@@H](O)C(=O)N1CCC([C@@H](N)c2cc(Cl)c(Cl)cc2O)CC1. The van der Waals surface area contributed by atoms with E-state index < -0.39 is 24.2 Å². The Morgan fingerprint density at radius 3 is 2.33 bits per heavy atom. The summed E-state index contributed by atoms with van der Waals surface area (Å²) in [6.07, 6.45) is -1.27. The van der Waals surface area contributed by atoms with Gasteiger partial charge < -0.3 is 26.0 Å². The summed E-state index contributed by atoms with van der Waals surface area (Å²) < 4.78 is 0. The first-order valence-corrected chi connectivity index (χ1v) is 8.56. The molecule has 0 aromatic heterocycles. The van der Waals surface area contributed by atoms with E-state index in [1.807, 2.05) is 0 Å². The number of aliphatic hydroxyl groups is 2. The molecule has 24 heavy (non-hydrogen) atoms. The summed E-state index contributed by atoms with van der Waals surface area (Å²) in [7, 11) is 0. The number of benzene rings is 1. The fourth-order valence-corrected chi connectivity index (χ4v) is 3.28. The van der Waals surface area contributed by atoms with Crippen molar-refractivity contribution in [1.82, 2.24) is 4.90 Å². The maximum atomic E-state index is 12.0. The predicted octanol–water partition coefficient (Wildman–Crippen LogP) is 1.68. The Hall–Kier alpha value is -1.05. The Bertz CT molecular complexity index is 604. The summed E-state index contributed by atoms with van der Waals surface area (Å²) in [4.78, 5) is 13.6. The Morgan fingerprint density at radius 2 is 1.79 bits per heavy atom. The summed E-state index contributed by atoms with van der Waals surface area (Å²) >= 11 is 11.9. The molecule has 6 nitrogen and oxygen atoms in total. The van der Waals surface area contributed by atoms with E-state index in [-0.39, 0.29) is 16.7 Å². The van der Waals surface area contributed by atoms with E-state index >= 15 is 0 Å². The molecule has 1 amide bonds. The summed E-state index contributed by atoms with van der Waals surface area (Å²) in [5.74, 6) is -0.421. The van der Waals surface area contributed by atoms with Crippen molar-refractivity contribution in [2.45, 2.75) is 38.0 Å². The van der Waals surface area contributed by atoms with Crippen molar-refractivity contribution in [2.75, 3.05) is 13.1 Å². The van der Waals surface area contributed by atoms with Gasteiger partial charge in [-0.2, -0.15) is 0 Å². The van der Waals surface area contributed by atoms with Gasteiger partial charge in [-0.25, -0.2) is 0 Å². The van der Waals surface area contributed by atoms with E-state index in [1.54, 1.807) is 6.07 Å². The Kier molecular flexibility index (Phi) is 6.33. The van der Waals surface area contributed by atoms with Gasteiger partial charge in [0.15, 0.2) is 6.10 Å². The van der Waals surface area contributed by atoms with Crippen molar-refractivity contribution in [1.29, 1.82) is 0 Å². The second-order valence-corrected chi connectivity index (χ2v) is 7.01. The lowest BCUT2D eigenvalue weighted by molar-refractivity contribution is -0.147. The van der Waals surface area contributed by atoms with Crippen molar-refractivity contribution in [3.63, 3.8) is 0 Å². The van der Waals surface area contributed by atoms with Crippen LogP contribution in [0.1, 0.15) is 31.4 Å². The zero-order valence-corrected chi connectivity index (χ0v) is 14.8. The minimum absolute atomic E-state index is 0.0000616. The maximum absolute atomic E-state index is 12.0. The first-order chi connectivity index (χ1) is 11.2. The minimum atomic E-state index is -1.41. The molecule has 5 N–H and O–H groups in total. The van der Waals surface area contributed by atoms with Crippen LogP contribution in [0.5, 0.6) is 5.75 Å². The zero-order valence-electron chi connectivity index (χ0n) is 13.3. The highest BCUT2D eigenvalue weighted by atomic mass is 35.5. The number of phenols is 1. The number of piperidine rings is 1. The maximum Gasteiger partial charge on any atom is 0.254 e. The van der Waals surface area contributed by atoms with Crippen molar-refractivity contribution in [3.8, 4) is 5.75 Å². The number of hydrogen-bond donors (Lipinski definition) is 4. The molecule has 1 saturated heterocycles. The molecule has 1 heterocycles. The molecule has 1 aromatic rings. The highest BCUT2D eigenvalue weighted by Crippen LogP contribution is 2.37. The molecular weight excluding hydrogens is 355 g/mol. The third-order valence-electron chi connectivity index (χ3n) is 4.50. The van der Waals surface area contributed by atoms with Crippen LogP contribution in [0.15, 0.2) is 12.1 Å². The normalized spacial score (nSPS) is 19.8. The predicted molar refractivity (Wildman–Crippen MR) is 92.0 cm³/mol. The zero-order chi connectivity index (χ0) is 18.0. The summed E-state index contributed by atoms with van der Waals surface area (Å²) in [5, 5.41) is 29.6. The van der Waals surface area contributed by atoms with Gasteiger partial charge in [0.2, 0.25) is 0 Å². The number of aliphatic hydroxyl groups excluding tert-OH is 2. The van der Waals surface area contributed by atoms with Gasteiger partial charge in [-0.3, -0.25) is 4.79 Å². The monoisotopic (exact) mass is 376 g/mol. The number of nitrogens with two attached hydrogens (primary N) is 1. The van der Waals surface area contributed by atoms with Crippen LogP contribution >= 0.6 is 23.2 Å². The van der Waals surface area contributed by atoms with Crippen LogP contribution in [-0.4, -0.2) is 51.4 Å². The van der Waals surface area contributed by atoms with Crippen LogP contribution in [0.2, 0.25) is 10.0 Å². The van der Waals surface area contributed by atoms with Crippen LogP contribution in [0.25, 0.3) is 0 Å². The average Bonchev–Trinajstić information content (AvgIpc) is 2.56. The number of halogens is 2. The van der Waals surface area contributed by atoms with Crippen molar-refractivity contribution < 1.29 is 20.1 Å². The van der Waals surface area contributed by atoms with E-state index in [9.17, 15) is 20.1 Å². The van der Waals surface area contributed by atoms with Crippen LogP contribution in [0.4, 0.5) is 0 Å². The number of aromatic hydroxyl groups is 1. The topological polar surface area (TPSA) is 107 Å². The second-order valence-electron chi connectivity index (χ2n) is 6.20. The molecule has 1 aliphatic rings. The molecule has 134 valence electrons. The molecule has 0 radical (unpaired) electrons. The highest BCUT2D eigenvalue weighted by Gasteiger charge is 2.32. The van der Waals surface area contributed by atoms with E-state index in [2.05, 4.69) is 0 Å². The van der Waals surface area contributed by atoms with Gasteiger partial charge in [-0.15, -0.1) is 0 Å². The van der Waals surface area contributed by atoms with Gasteiger partial charge >= 0.3 is 0 Å². The van der Waals surface area contributed by atoms with Gasteiger partial charge in [0.05, 0.1) is 16.1 Å². The summed E-state index contributed by atoms with van der Waals surface area (Å²) in [5.41, 5.74) is 6.79. The van der Waals surface area contributed by atoms with Crippen molar-refractivity contribution >= 4 is 29.1 Å². The van der Waals surface area contributed by atoms with E-state index in [4.69, 9.17) is 28.9 Å². The fraction of sp³-hybridized carbons (Fsp3) is 0.562. The third kappa shape index (κ3) is 4.13. The molecule has 1 aromatic carbocycles. The number of hydrogen-bond acceptors (Lipinski definition) is 5. The average molecular weight is 377 g/mol. The Labute approximate surface area is 150 Å². The van der Waals surface area contributed by atoms with E-state index in [0.717, 1.165) is 0 Å². The first-order valence-electron chi connectivity index (χ1n) is 7.80. The number of rotatable bonds is 4. The smallest absolute Gasteiger partial charge is 0.254 e. The fourth-order valence-electron chi connectivity index (χ4n) is 2.95. The van der Waals surface area contributed by atoms with E-state index in [0.29, 0.717) is 36.5 Å². The standard InChI is InChI=1S/C16H22Cl2N2O4/c1-8(21)15(23)16(24)20-4-2-9(3-5-20)14(19)10-6-11(17)12(18)7-13(10)22/h6-9,14-15,21-23H,2-5,19H2,1H3/t8-,14-,15-/m1/s1. The third-order valence-corrected chi connectivity index (χ3v) is 5.22. The van der Waals surface area contributed by atoms with E-state index in [1.165, 1.54) is 17.9 Å². The van der Waals surface area contributed by atoms with Crippen LogP contribution in [-0.2, 0) is 4.79 Å². The molecule has 2 rings (SSSR count). The number of carbonyl (C=O) groups excluding carboxylic acids is 1. The quantitative estimate of drug-likeness (QED) is 0.639. The van der Waals surface area contributed by atoms with Gasteiger partial charge in [-0.1, -0.05) is 23.2 Å². The molecule has 1 fully saturated rings. The second kappa shape index (κ2) is 7.89. The highest BCUT2D eigenvalue weighted by molar-refractivity contribution is 6.42. The first kappa shape index (κ1) is 19.3. The molecule has 0 aliphatic carbocycles. The Morgan fingerprint density at radius 1 is 1.25 bits per heavy atom. The van der Waals surface area contributed by atoms with Gasteiger partial charge in [0, 0.05) is 30.8 Å². The van der Waals surface area contributed by atoms with Crippen molar-refractivity contribution in [3.05, 3.63) is 27.7 Å². The van der Waals surface area contributed by atoms with Crippen LogP contribution < -0.4 is 5.73 Å². The van der Waals surface area contributed by atoms with Gasteiger partial charge in [0.25, 0.3) is 5.91 Å². The molecular formula is C16H22Cl2N2O4. The molecule has 0 saturated carbocycles. The van der Waals surface area contributed by atoms with Crippen molar-refractivity contribution in [2.24, 2.45) is 11.7 Å². The lowest BCUT2D eigenvalue weighted by Crippen LogP contribution is -2.48. The molecule has 0 unspecified atom stereocenters. The largest absolute Gasteiger partial charge is 0.508 e. The molecule has 3 atom stereocenters. The lowest BCUT2D eigenvalue weighted by atomic mass is 9.85. The molecule has 8 heteroatoms. The molecule has 1 aliphatic heterocycles. The summed E-state index contributed by atoms with van der Waals surface area (Å²) in [6.45, 7) is 2.24. The number of nitrogens with zero attached hydrogens (tertiary/aromatic N) is 1. The number of carbonyl (C=O) groups is 1. The number of phenolic OH excluding ortho intramolecular Hbond substituents is 1. The van der Waals surface area contributed by atoms with Gasteiger partial charge in [-0.05, 0) is 31.7 Å². The number of amides is 1. The van der Waals surface area contributed by atoms with Crippen LogP contribution in [0.3, 0.4) is 0 Å². The van der Waals surface area contributed by atoms with Crippen LogP contribution in [0, 0.1) is 5.92 Å². The summed E-state index contributed by atoms with van der Waals surface area (Å²) in [6, 6.07) is 2.51. The number of likely N-dealkylation sites (tertiary alicyclic amines) is 1.